The molecule has 0 aliphatic carbocycles. The van der Waals surface area contributed by atoms with E-state index in [1.54, 1.807) is 25.1 Å². The van der Waals surface area contributed by atoms with Gasteiger partial charge in [-0.3, -0.25) is 14.5 Å². The number of furan rings is 1. The summed E-state index contributed by atoms with van der Waals surface area (Å²) in [6.07, 6.45) is 0. The first-order valence-electron chi connectivity index (χ1n) is 10.2. The van der Waals surface area contributed by atoms with Crippen LogP contribution in [0.25, 0.3) is 5.76 Å². The lowest BCUT2D eigenvalue weighted by molar-refractivity contribution is -0.132. The van der Waals surface area contributed by atoms with Crippen LogP contribution in [0.2, 0.25) is 0 Å². The largest absolute Gasteiger partial charge is 0.507 e. The summed E-state index contributed by atoms with van der Waals surface area (Å²) in [5, 5.41) is 11.2. The molecule has 1 saturated heterocycles. The number of carbonyl (C=O) groups is 2. The van der Waals surface area contributed by atoms with Gasteiger partial charge in [0.15, 0.2) is 0 Å². The summed E-state index contributed by atoms with van der Waals surface area (Å²) < 4.78 is 5.85. The number of aliphatic hydroxyl groups excluding tert-OH is 1. The number of anilines is 1. The quantitative estimate of drug-likeness (QED) is 0.351. The molecule has 0 bridgehead atoms. The summed E-state index contributed by atoms with van der Waals surface area (Å²) in [4.78, 5) is 27.8. The molecular formula is C26H25NO4. The van der Waals surface area contributed by atoms with E-state index in [-0.39, 0.29) is 11.3 Å². The number of benzene rings is 2. The number of carbonyl (C=O) groups excluding carboxylic acids is 2. The monoisotopic (exact) mass is 415 g/mol. The van der Waals surface area contributed by atoms with Crippen LogP contribution >= 0.6 is 0 Å². The lowest BCUT2D eigenvalue weighted by Gasteiger charge is -2.25. The maximum Gasteiger partial charge on any atom is 0.300 e. The van der Waals surface area contributed by atoms with Gasteiger partial charge in [0.25, 0.3) is 11.7 Å². The Morgan fingerprint density at radius 3 is 2.23 bits per heavy atom. The van der Waals surface area contributed by atoms with E-state index in [0.717, 1.165) is 22.3 Å². The van der Waals surface area contributed by atoms with Gasteiger partial charge in [-0.25, -0.2) is 0 Å². The molecule has 1 fully saturated rings. The Bertz CT molecular complexity index is 1250. The van der Waals surface area contributed by atoms with Crippen molar-refractivity contribution < 1.29 is 19.1 Å². The van der Waals surface area contributed by atoms with Gasteiger partial charge < -0.3 is 9.52 Å². The van der Waals surface area contributed by atoms with Crippen LogP contribution in [0.5, 0.6) is 0 Å². The number of hydrogen-bond acceptors (Lipinski definition) is 4. The minimum atomic E-state index is -0.851. The minimum absolute atomic E-state index is 0.0310. The second-order valence-electron chi connectivity index (χ2n) is 8.21. The number of rotatable bonds is 3. The summed E-state index contributed by atoms with van der Waals surface area (Å²) >= 11 is 0. The van der Waals surface area contributed by atoms with Crippen molar-refractivity contribution in [3.63, 3.8) is 0 Å². The average Bonchev–Trinajstić information content (AvgIpc) is 3.27. The molecule has 2 aromatic carbocycles. The summed E-state index contributed by atoms with van der Waals surface area (Å²) in [6.45, 7) is 9.54. The van der Waals surface area contributed by atoms with Crippen LogP contribution in [-0.2, 0) is 9.59 Å². The van der Waals surface area contributed by atoms with Gasteiger partial charge in [0, 0.05) is 11.3 Å². The highest BCUT2D eigenvalue weighted by molar-refractivity contribution is 6.51. The Morgan fingerprint density at radius 2 is 1.58 bits per heavy atom. The van der Waals surface area contributed by atoms with Crippen molar-refractivity contribution in [2.75, 3.05) is 4.90 Å². The maximum absolute atomic E-state index is 13.2. The first kappa shape index (κ1) is 20.7. The fourth-order valence-electron chi connectivity index (χ4n) is 3.97. The van der Waals surface area contributed by atoms with Crippen LogP contribution in [0.1, 0.15) is 45.4 Å². The predicted molar refractivity (Wildman–Crippen MR) is 120 cm³/mol. The molecule has 31 heavy (non-hydrogen) atoms. The van der Waals surface area contributed by atoms with Crippen LogP contribution in [0, 0.1) is 34.6 Å². The van der Waals surface area contributed by atoms with Gasteiger partial charge in [-0.15, -0.1) is 0 Å². The lowest BCUT2D eigenvalue weighted by Crippen LogP contribution is -2.30. The Labute approximate surface area is 181 Å². The molecular weight excluding hydrogens is 390 g/mol. The molecule has 1 amide bonds. The minimum Gasteiger partial charge on any atom is -0.507 e. The standard InChI is InChI=1S/C26H25NO4/c1-14-6-7-16(3)20(12-14)27-23(21-11-9-18(5)31-21)22(25(29)26(27)30)24(28)19-10-8-15(2)17(4)13-19/h6-13,23,28H,1-5H3/b24-22-. The zero-order chi connectivity index (χ0) is 22.4. The van der Waals surface area contributed by atoms with Gasteiger partial charge in [0.05, 0.1) is 5.57 Å². The number of aryl methyl sites for hydroxylation is 5. The van der Waals surface area contributed by atoms with Gasteiger partial charge in [0.2, 0.25) is 0 Å². The Hall–Kier alpha value is -3.60. The van der Waals surface area contributed by atoms with Crippen molar-refractivity contribution in [2.24, 2.45) is 0 Å². The van der Waals surface area contributed by atoms with Crippen molar-refractivity contribution >= 4 is 23.1 Å². The number of aliphatic hydroxyl groups is 1. The number of amides is 1. The first-order chi connectivity index (χ1) is 14.7. The van der Waals surface area contributed by atoms with Gasteiger partial charge in [0.1, 0.15) is 23.3 Å². The summed E-state index contributed by atoms with van der Waals surface area (Å²) in [6, 6.07) is 13.9. The number of ketones is 1. The van der Waals surface area contributed by atoms with Gasteiger partial charge in [-0.05, 0) is 81.1 Å². The van der Waals surface area contributed by atoms with E-state index >= 15 is 0 Å². The van der Waals surface area contributed by atoms with Crippen LogP contribution in [0.15, 0.2) is 58.5 Å². The van der Waals surface area contributed by atoms with Crippen LogP contribution in [0.3, 0.4) is 0 Å². The SMILES string of the molecule is Cc1ccc(C)c(N2C(=O)C(=O)/C(=C(\O)c3ccc(C)c(C)c3)C2c2ccc(C)o2)c1. The number of hydrogen-bond donors (Lipinski definition) is 1. The highest BCUT2D eigenvalue weighted by Crippen LogP contribution is 2.43. The fourth-order valence-corrected chi connectivity index (χ4v) is 3.97. The number of Topliss-reactive ketones (excluding diaryl/α,β-unsaturated/α-hetero) is 1. The van der Waals surface area contributed by atoms with Crippen LogP contribution in [0.4, 0.5) is 5.69 Å². The molecule has 3 aromatic rings. The molecule has 2 heterocycles. The maximum atomic E-state index is 13.2. The third-order valence-electron chi connectivity index (χ3n) is 5.88. The molecule has 158 valence electrons. The molecule has 4 rings (SSSR count). The van der Waals surface area contributed by atoms with Crippen molar-refractivity contribution in [3.8, 4) is 0 Å². The molecule has 5 heteroatoms. The van der Waals surface area contributed by atoms with E-state index in [4.69, 9.17) is 4.42 Å². The molecule has 1 aromatic heterocycles. The van der Waals surface area contributed by atoms with E-state index in [1.165, 1.54) is 4.90 Å². The van der Waals surface area contributed by atoms with Crippen molar-refractivity contribution in [1.82, 2.24) is 0 Å². The van der Waals surface area contributed by atoms with E-state index in [0.29, 0.717) is 22.8 Å². The van der Waals surface area contributed by atoms with Gasteiger partial charge in [-0.2, -0.15) is 0 Å². The van der Waals surface area contributed by atoms with Gasteiger partial charge in [-0.1, -0.05) is 24.3 Å². The highest BCUT2D eigenvalue weighted by atomic mass is 16.3. The topological polar surface area (TPSA) is 70.8 Å². The molecule has 1 unspecified atom stereocenters. The van der Waals surface area contributed by atoms with Crippen LogP contribution < -0.4 is 4.90 Å². The smallest absolute Gasteiger partial charge is 0.300 e. The average molecular weight is 415 g/mol. The van der Waals surface area contributed by atoms with Crippen molar-refractivity contribution in [1.29, 1.82) is 0 Å². The van der Waals surface area contributed by atoms with Crippen molar-refractivity contribution in [2.45, 2.75) is 40.7 Å². The van der Waals surface area contributed by atoms with E-state index in [2.05, 4.69) is 0 Å². The van der Waals surface area contributed by atoms with E-state index in [1.807, 2.05) is 58.0 Å². The molecule has 0 spiro atoms. The highest BCUT2D eigenvalue weighted by Gasteiger charge is 2.48. The second-order valence-corrected chi connectivity index (χ2v) is 8.21. The number of nitrogens with zero attached hydrogens (tertiary/aromatic N) is 1. The fraction of sp³-hybridized carbons (Fsp3) is 0.231. The summed E-state index contributed by atoms with van der Waals surface area (Å²) in [7, 11) is 0. The zero-order valence-corrected chi connectivity index (χ0v) is 18.3. The molecule has 1 N–H and O–H groups in total. The lowest BCUT2D eigenvalue weighted by atomic mass is 9.97. The predicted octanol–water partition coefficient (Wildman–Crippen LogP) is 5.45. The van der Waals surface area contributed by atoms with E-state index in [9.17, 15) is 14.7 Å². The first-order valence-corrected chi connectivity index (χ1v) is 10.2. The third kappa shape index (κ3) is 3.46. The Morgan fingerprint density at radius 1 is 0.871 bits per heavy atom. The third-order valence-corrected chi connectivity index (χ3v) is 5.88. The van der Waals surface area contributed by atoms with Gasteiger partial charge >= 0.3 is 0 Å². The molecule has 1 aliphatic rings. The Balaban J connectivity index is 1.98. The normalized spacial score (nSPS) is 18.1. The summed E-state index contributed by atoms with van der Waals surface area (Å²) in [5.74, 6) is -0.516. The summed E-state index contributed by atoms with van der Waals surface area (Å²) in [5.41, 5.74) is 5.03. The molecule has 5 nitrogen and oxygen atoms in total. The molecule has 0 saturated carbocycles. The van der Waals surface area contributed by atoms with E-state index < -0.39 is 17.7 Å². The van der Waals surface area contributed by atoms with Crippen molar-refractivity contribution in [3.05, 3.63) is 93.4 Å². The van der Waals surface area contributed by atoms with Crippen LogP contribution in [-0.4, -0.2) is 16.8 Å². The Kier molecular flexibility index (Phi) is 5.05. The second kappa shape index (κ2) is 7.58. The molecule has 0 radical (unpaired) electrons. The zero-order valence-electron chi connectivity index (χ0n) is 18.3. The molecule has 1 aliphatic heterocycles. The molecule has 1 atom stereocenters.